The second-order valence-electron chi connectivity index (χ2n) is 3.44. The van der Waals surface area contributed by atoms with Crippen molar-refractivity contribution in [2.24, 2.45) is 0 Å². The van der Waals surface area contributed by atoms with E-state index in [9.17, 15) is 0 Å². The zero-order valence-electron chi connectivity index (χ0n) is 7.79. The van der Waals surface area contributed by atoms with Crippen molar-refractivity contribution in [1.29, 1.82) is 5.26 Å². The number of nitriles is 1. The standard InChI is InChI=1S/C9H17N3/c1-11(7-4-10)8-9-12-5-2-3-6-12/h2-3,5-9H2,1H3. The van der Waals surface area contributed by atoms with Gasteiger partial charge in [0.1, 0.15) is 0 Å². The molecule has 0 N–H and O–H groups in total. The minimum atomic E-state index is 0.549. The Hall–Kier alpha value is -0.590. The van der Waals surface area contributed by atoms with Gasteiger partial charge < -0.3 is 4.90 Å². The second kappa shape index (κ2) is 5.13. The molecule has 0 aromatic rings. The summed E-state index contributed by atoms with van der Waals surface area (Å²) in [6.07, 6.45) is 2.70. The van der Waals surface area contributed by atoms with Crippen LogP contribution in [0.4, 0.5) is 0 Å². The van der Waals surface area contributed by atoms with Crippen molar-refractivity contribution in [2.45, 2.75) is 12.8 Å². The lowest BCUT2D eigenvalue weighted by Crippen LogP contribution is -2.31. The molecule has 68 valence electrons. The van der Waals surface area contributed by atoms with Crippen molar-refractivity contribution >= 4 is 0 Å². The van der Waals surface area contributed by atoms with Crippen molar-refractivity contribution in [1.82, 2.24) is 9.80 Å². The van der Waals surface area contributed by atoms with Crippen molar-refractivity contribution in [3.8, 4) is 6.07 Å². The Kier molecular flexibility index (Phi) is 4.06. The van der Waals surface area contributed by atoms with Crippen LogP contribution in [0, 0.1) is 11.3 Å². The Morgan fingerprint density at radius 1 is 1.42 bits per heavy atom. The zero-order chi connectivity index (χ0) is 8.81. The van der Waals surface area contributed by atoms with Crippen molar-refractivity contribution < 1.29 is 0 Å². The molecule has 0 amide bonds. The van der Waals surface area contributed by atoms with E-state index < -0.39 is 0 Å². The lowest BCUT2D eigenvalue weighted by molar-refractivity contribution is 0.272. The van der Waals surface area contributed by atoms with Crippen LogP contribution in [0.3, 0.4) is 0 Å². The molecule has 0 aromatic heterocycles. The molecule has 1 aliphatic rings. The first-order chi connectivity index (χ1) is 5.83. The summed E-state index contributed by atoms with van der Waals surface area (Å²) in [4.78, 5) is 4.53. The molecular weight excluding hydrogens is 150 g/mol. The first kappa shape index (κ1) is 9.50. The van der Waals surface area contributed by atoms with Gasteiger partial charge in [0.15, 0.2) is 0 Å². The maximum absolute atomic E-state index is 8.42. The fraction of sp³-hybridized carbons (Fsp3) is 0.889. The van der Waals surface area contributed by atoms with Gasteiger partial charge in [-0.15, -0.1) is 0 Å². The summed E-state index contributed by atoms with van der Waals surface area (Å²) in [5, 5.41) is 8.42. The molecule has 3 nitrogen and oxygen atoms in total. The average Bonchev–Trinajstić information content (AvgIpc) is 2.53. The molecule has 1 saturated heterocycles. The Morgan fingerprint density at radius 3 is 2.67 bits per heavy atom. The summed E-state index contributed by atoms with van der Waals surface area (Å²) >= 11 is 0. The summed E-state index contributed by atoms with van der Waals surface area (Å²) in [5.74, 6) is 0. The van der Waals surface area contributed by atoms with Crippen molar-refractivity contribution in [3.05, 3.63) is 0 Å². The van der Waals surface area contributed by atoms with E-state index in [1.165, 1.54) is 25.9 Å². The van der Waals surface area contributed by atoms with Gasteiger partial charge in [0.05, 0.1) is 12.6 Å². The Labute approximate surface area is 74.6 Å². The number of nitrogens with zero attached hydrogens (tertiary/aromatic N) is 3. The normalized spacial score (nSPS) is 18.4. The first-order valence-electron chi connectivity index (χ1n) is 4.61. The summed E-state index contributed by atoms with van der Waals surface area (Å²) < 4.78 is 0. The summed E-state index contributed by atoms with van der Waals surface area (Å²) in [7, 11) is 2.00. The number of rotatable bonds is 4. The minimum absolute atomic E-state index is 0.549. The summed E-state index contributed by atoms with van der Waals surface area (Å²) in [6.45, 7) is 5.19. The van der Waals surface area contributed by atoms with Gasteiger partial charge in [-0.2, -0.15) is 5.26 Å². The molecular formula is C9H17N3. The third kappa shape index (κ3) is 3.21. The van der Waals surface area contributed by atoms with E-state index in [1.54, 1.807) is 0 Å². The van der Waals surface area contributed by atoms with Gasteiger partial charge in [-0.3, -0.25) is 4.90 Å². The third-order valence-electron chi connectivity index (χ3n) is 2.34. The van der Waals surface area contributed by atoms with Gasteiger partial charge in [-0.05, 0) is 33.0 Å². The van der Waals surface area contributed by atoms with Crippen LogP contribution in [0.1, 0.15) is 12.8 Å². The van der Waals surface area contributed by atoms with E-state index in [4.69, 9.17) is 5.26 Å². The molecule has 0 spiro atoms. The van der Waals surface area contributed by atoms with E-state index in [2.05, 4.69) is 15.9 Å². The van der Waals surface area contributed by atoms with Crippen LogP contribution >= 0.6 is 0 Å². The molecule has 1 heterocycles. The zero-order valence-corrected chi connectivity index (χ0v) is 7.79. The molecule has 1 fully saturated rings. The van der Waals surface area contributed by atoms with Crippen LogP contribution in [0.2, 0.25) is 0 Å². The number of hydrogen-bond donors (Lipinski definition) is 0. The molecule has 0 atom stereocenters. The number of likely N-dealkylation sites (N-methyl/N-ethyl adjacent to an activating group) is 1. The molecule has 12 heavy (non-hydrogen) atoms. The Morgan fingerprint density at radius 2 is 2.08 bits per heavy atom. The molecule has 1 rings (SSSR count). The van der Waals surface area contributed by atoms with Crippen molar-refractivity contribution in [3.63, 3.8) is 0 Å². The highest BCUT2D eigenvalue weighted by atomic mass is 15.2. The fourth-order valence-electron chi connectivity index (χ4n) is 1.52. The monoisotopic (exact) mass is 167 g/mol. The van der Waals surface area contributed by atoms with Crippen LogP contribution < -0.4 is 0 Å². The highest BCUT2D eigenvalue weighted by molar-refractivity contribution is 4.75. The summed E-state index contributed by atoms with van der Waals surface area (Å²) in [6, 6.07) is 2.15. The lowest BCUT2D eigenvalue weighted by Gasteiger charge is -2.18. The topological polar surface area (TPSA) is 30.3 Å². The molecule has 0 radical (unpaired) electrons. The smallest absolute Gasteiger partial charge is 0.0863 e. The molecule has 0 saturated carbocycles. The van der Waals surface area contributed by atoms with Crippen LogP contribution in [0.5, 0.6) is 0 Å². The molecule has 0 aromatic carbocycles. The Bertz CT molecular complexity index is 156. The van der Waals surface area contributed by atoms with Gasteiger partial charge in [-0.1, -0.05) is 0 Å². The van der Waals surface area contributed by atoms with E-state index in [0.717, 1.165) is 13.1 Å². The quantitative estimate of drug-likeness (QED) is 0.572. The van der Waals surface area contributed by atoms with Crippen LogP contribution in [0.25, 0.3) is 0 Å². The SMILES string of the molecule is CN(CC#N)CCN1CCCC1. The maximum atomic E-state index is 8.42. The molecule has 1 aliphatic heterocycles. The Balaban J connectivity index is 2.04. The predicted molar refractivity (Wildman–Crippen MR) is 48.8 cm³/mol. The van der Waals surface area contributed by atoms with E-state index in [0.29, 0.717) is 6.54 Å². The van der Waals surface area contributed by atoms with Gasteiger partial charge in [0, 0.05) is 13.1 Å². The van der Waals surface area contributed by atoms with Gasteiger partial charge >= 0.3 is 0 Å². The minimum Gasteiger partial charge on any atom is -0.302 e. The van der Waals surface area contributed by atoms with Crippen LogP contribution in [-0.4, -0.2) is 49.6 Å². The van der Waals surface area contributed by atoms with Crippen molar-refractivity contribution in [2.75, 3.05) is 39.8 Å². The second-order valence-corrected chi connectivity index (χ2v) is 3.44. The average molecular weight is 167 g/mol. The highest BCUT2D eigenvalue weighted by Crippen LogP contribution is 2.06. The number of hydrogen-bond acceptors (Lipinski definition) is 3. The van der Waals surface area contributed by atoms with Crippen LogP contribution in [0.15, 0.2) is 0 Å². The van der Waals surface area contributed by atoms with E-state index in [1.807, 2.05) is 7.05 Å². The number of likely N-dealkylation sites (tertiary alicyclic amines) is 1. The largest absolute Gasteiger partial charge is 0.302 e. The molecule has 0 unspecified atom stereocenters. The first-order valence-corrected chi connectivity index (χ1v) is 4.61. The summed E-state index contributed by atoms with van der Waals surface area (Å²) in [5.41, 5.74) is 0. The predicted octanol–water partition coefficient (Wildman–Crippen LogP) is 0.538. The third-order valence-corrected chi connectivity index (χ3v) is 2.34. The molecule has 0 bridgehead atoms. The lowest BCUT2D eigenvalue weighted by atomic mass is 10.4. The fourth-order valence-corrected chi connectivity index (χ4v) is 1.52. The van der Waals surface area contributed by atoms with Gasteiger partial charge in [0.25, 0.3) is 0 Å². The van der Waals surface area contributed by atoms with Gasteiger partial charge in [-0.25, -0.2) is 0 Å². The maximum Gasteiger partial charge on any atom is 0.0863 e. The van der Waals surface area contributed by atoms with E-state index in [-0.39, 0.29) is 0 Å². The molecule has 3 heteroatoms. The highest BCUT2D eigenvalue weighted by Gasteiger charge is 2.11. The van der Waals surface area contributed by atoms with Crippen LogP contribution in [-0.2, 0) is 0 Å². The van der Waals surface area contributed by atoms with E-state index >= 15 is 0 Å². The van der Waals surface area contributed by atoms with Gasteiger partial charge in [0.2, 0.25) is 0 Å². The molecule has 0 aliphatic carbocycles.